The minimum atomic E-state index is -1.28. The van der Waals surface area contributed by atoms with Crippen LogP contribution in [0.3, 0.4) is 0 Å². The fourth-order valence-electron chi connectivity index (χ4n) is 4.06. The van der Waals surface area contributed by atoms with Crippen LogP contribution in [0.2, 0.25) is 10.3 Å². The largest absolute Gasteiger partial charge is 0.355 e. The first-order valence-corrected chi connectivity index (χ1v) is 11.7. The first-order valence-electron chi connectivity index (χ1n) is 9.73. The molecule has 0 aliphatic carbocycles. The number of amides is 1. The van der Waals surface area contributed by atoms with Gasteiger partial charge in [-0.3, -0.25) is 9.00 Å². The summed E-state index contributed by atoms with van der Waals surface area (Å²) in [6, 6.07) is 7.28. The van der Waals surface area contributed by atoms with Gasteiger partial charge in [-0.2, -0.15) is 5.10 Å². The van der Waals surface area contributed by atoms with E-state index in [1.165, 1.54) is 0 Å². The Morgan fingerprint density at radius 2 is 2.06 bits per heavy atom. The zero-order chi connectivity index (χ0) is 21.5. The molecule has 1 amide bonds. The highest BCUT2D eigenvalue weighted by atomic mass is 35.5. The van der Waals surface area contributed by atoms with Crippen molar-refractivity contribution in [3.05, 3.63) is 58.2 Å². The van der Waals surface area contributed by atoms with Crippen molar-refractivity contribution in [3.8, 4) is 5.69 Å². The van der Waals surface area contributed by atoms with Crippen LogP contribution in [0.1, 0.15) is 17.7 Å². The summed E-state index contributed by atoms with van der Waals surface area (Å²) in [4.78, 5) is 24.2. The predicted octanol–water partition coefficient (Wildman–Crippen LogP) is 2.83. The highest BCUT2D eigenvalue weighted by Gasteiger charge is 2.33. The van der Waals surface area contributed by atoms with Crippen LogP contribution in [0, 0.1) is 0 Å². The maximum atomic E-state index is 13.3. The predicted molar refractivity (Wildman–Crippen MR) is 118 cm³/mol. The quantitative estimate of drug-likeness (QED) is 0.415. The van der Waals surface area contributed by atoms with Crippen molar-refractivity contribution in [1.29, 1.82) is 0 Å². The van der Waals surface area contributed by atoms with Crippen molar-refractivity contribution in [1.82, 2.24) is 24.6 Å². The number of nitrogens with zero attached hydrogens (tertiary/aromatic N) is 6. The van der Waals surface area contributed by atoms with E-state index in [0.717, 1.165) is 35.6 Å². The number of rotatable bonds is 5. The van der Waals surface area contributed by atoms with Crippen molar-refractivity contribution < 1.29 is 9.00 Å². The van der Waals surface area contributed by atoms with Crippen LogP contribution in [0.25, 0.3) is 5.69 Å². The Balaban J connectivity index is 1.36. The molecule has 8 nitrogen and oxygen atoms in total. The minimum Gasteiger partial charge on any atom is -0.355 e. The third-order valence-corrected chi connectivity index (χ3v) is 7.93. The van der Waals surface area contributed by atoms with Crippen LogP contribution in [0.5, 0.6) is 0 Å². The maximum absolute atomic E-state index is 13.3. The highest BCUT2D eigenvalue weighted by Crippen LogP contribution is 2.34. The molecular weight excluding hydrogens is 459 g/mol. The normalized spacial score (nSPS) is 19.0. The van der Waals surface area contributed by atoms with Crippen molar-refractivity contribution in [2.24, 2.45) is 0 Å². The van der Waals surface area contributed by atoms with Gasteiger partial charge < -0.3 is 9.80 Å². The number of hydrogen-bond acceptors (Lipinski definition) is 6. The smallest absolute Gasteiger partial charge is 0.224 e. The molecule has 1 aromatic carbocycles. The summed E-state index contributed by atoms with van der Waals surface area (Å²) in [6.45, 7) is 2.14. The Kier molecular flexibility index (Phi) is 5.41. The maximum Gasteiger partial charge on any atom is 0.224 e. The zero-order valence-electron chi connectivity index (χ0n) is 16.3. The van der Waals surface area contributed by atoms with Crippen LogP contribution in [0.15, 0.2) is 41.6 Å². The minimum absolute atomic E-state index is 0.0963. The summed E-state index contributed by atoms with van der Waals surface area (Å²) in [7, 11) is -1.28. The Labute approximate surface area is 191 Å². The van der Waals surface area contributed by atoms with Gasteiger partial charge in [0.15, 0.2) is 0 Å². The second-order valence-corrected chi connectivity index (χ2v) is 9.92. The molecular formula is C20H18Cl2N6O2S. The van der Waals surface area contributed by atoms with Gasteiger partial charge in [0.05, 0.1) is 50.4 Å². The molecule has 2 unspecified atom stereocenters. The van der Waals surface area contributed by atoms with Gasteiger partial charge in [-0.15, -0.1) is 0 Å². The third-order valence-electron chi connectivity index (χ3n) is 5.56. The first kappa shape index (κ1) is 20.4. The lowest BCUT2D eigenvalue weighted by atomic mass is 10.2. The number of anilines is 1. The lowest BCUT2D eigenvalue weighted by molar-refractivity contribution is -0.118. The van der Waals surface area contributed by atoms with Gasteiger partial charge in [-0.1, -0.05) is 11.6 Å². The monoisotopic (exact) mass is 476 g/mol. The zero-order valence-corrected chi connectivity index (χ0v) is 18.6. The molecule has 0 radical (unpaired) electrons. The summed E-state index contributed by atoms with van der Waals surface area (Å²) >= 11 is 12.6. The standard InChI is InChI=1S/C20H18Cl2N6O2S/c21-16-8-13(28-6-1-5-23-28)2-3-18(16)31(30)14-4-7-27(9-14)19-15-10-26(12-29)11-17(15)24-20(22)25-19/h1-3,5-6,8,12,14H,4,7,9-11H2. The van der Waals surface area contributed by atoms with E-state index >= 15 is 0 Å². The van der Waals surface area contributed by atoms with E-state index in [2.05, 4.69) is 20.0 Å². The lowest BCUT2D eigenvalue weighted by Crippen LogP contribution is -2.26. The fourth-order valence-corrected chi connectivity index (χ4v) is 6.09. The van der Waals surface area contributed by atoms with Crippen LogP contribution >= 0.6 is 23.2 Å². The van der Waals surface area contributed by atoms with Gasteiger partial charge in [0.1, 0.15) is 5.82 Å². The molecule has 4 heterocycles. The second kappa shape index (κ2) is 8.22. The highest BCUT2D eigenvalue weighted by molar-refractivity contribution is 7.85. The molecule has 1 fully saturated rings. The Hall–Kier alpha value is -2.49. The van der Waals surface area contributed by atoms with E-state index in [1.54, 1.807) is 27.9 Å². The summed E-state index contributed by atoms with van der Waals surface area (Å²) in [5, 5.41) is 4.71. The Morgan fingerprint density at radius 1 is 1.19 bits per heavy atom. The summed E-state index contributed by atoms with van der Waals surface area (Å²) in [5.74, 6) is 0.721. The molecule has 2 aliphatic rings. The number of halogens is 2. The molecule has 2 atom stereocenters. The van der Waals surface area contributed by atoms with Crippen molar-refractivity contribution in [2.45, 2.75) is 29.7 Å². The van der Waals surface area contributed by atoms with E-state index in [-0.39, 0.29) is 10.5 Å². The molecule has 5 rings (SSSR count). The van der Waals surface area contributed by atoms with E-state index in [9.17, 15) is 9.00 Å². The van der Waals surface area contributed by atoms with Crippen LogP contribution in [-0.2, 0) is 28.7 Å². The van der Waals surface area contributed by atoms with Gasteiger partial charge in [0, 0.05) is 31.0 Å². The fraction of sp³-hybridized carbons (Fsp3) is 0.300. The Bertz CT molecular complexity index is 1170. The molecule has 1 saturated heterocycles. The molecule has 160 valence electrons. The van der Waals surface area contributed by atoms with E-state index in [0.29, 0.717) is 36.1 Å². The molecule has 3 aromatic rings. The van der Waals surface area contributed by atoms with E-state index in [4.69, 9.17) is 23.2 Å². The van der Waals surface area contributed by atoms with E-state index in [1.807, 2.05) is 18.3 Å². The number of carbonyl (C=O) groups excluding carboxylic acids is 1. The molecule has 0 spiro atoms. The molecule has 0 saturated carbocycles. The number of benzene rings is 1. The van der Waals surface area contributed by atoms with Gasteiger partial charge in [-0.05, 0) is 42.3 Å². The topological polar surface area (TPSA) is 84.2 Å². The first-order chi connectivity index (χ1) is 15.0. The number of fused-ring (bicyclic) bond motifs is 1. The number of aromatic nitrogens is 4. The molecule has 0 N–H and O–H groups in total. The SMILES string of the molecule is O=CN1Cc2nc(Cl)nc(N3CCC(S(=O)c4ccc(-n5cccn5)cc4Cl)C3)c2C1. The average Bonchev–Trinajstić information content (AvgIpc) is 3.52. The summed E-state index contributed by atoms with van der Waals surface area (Å²) in [5.41, 5.74) is 2.49. The van der Waals surface area contributed by atoms with Gasteiger partial charge in [-0.25, -0.2) is 14.6 Å². The van der Waals surface area contributed by atoms with E-state index < -0.39 is 10.8 Å². The van der Waals surface area contributed by atoms with Crippen LogP contribution < -0.4 is 4.90 Å². The average molecular weight is 477 g/mol. The molecule has 2 aromatic heterocycles. The van der Waals surface area contributed by atoms with Crippen molar-refractivity contribution in [3.63, 3.8) is 0 Å². The Morgan fingerprint density at radius 3 is 2.81 bits per heavy atom. The van der Waals surface area contributed by atoms with Crippen LogP contribution in [-0.4, -0.2) is 53.6 Å². The number of carbonyl (C=O) groups is 1. The van der Waals surface area contributed by atoms with Gasteiger partial charge >= 0.3 is 0 Å². The van der Waals surface area contributed by atoms with Gasteiger partial charge in [0.2, 0.25) is 11.7 Å². The second-order valence-electron chi connectivity index (χ2n) is 7.47. The van der Waals surface area contributed by atoms with Gasteiger partial charge in [0.25, 0.3) is 0 Å². The lowest BCUT2D eigenvalue weighted by Gasteiger charge is -2.20. The summed E-state index contributed by atoms with van der Waals surface area (Å²) < 4.78 is 15.0. The molecule has 31 heavy (non-hydrogen) atoms. The third kappa shape index (κ3) is 3.81. The van der Waals surface area contributed by atoms with Crippen molar-refractivity contribution >= 4 is 46.2 Å². The molecule has 11 heteroatoms. The summed E-state index contributed by atoms with van der Waals surface area (Å²) in [6.07, 6.45) is 5.06. The molecule has 0 bridgehead atoms. The number of hydrogen-bond donors (Lipinski definition) is 0. The van der Waals surface area contributed by atoms with Crippen LogP contribution in [0.4, 0.5) is 5.82 Å². The molecule has 2 aliphatic heterocycles. The van der Waals surface area contributed by atoms with Crippen molar-refractivity contribution in [2.75, 3.05) is 18.0 Å².